The van der Waals surface area contributed by atoms with Crippen LogP contribution in [-0.4, -0.2) is 25.3 Å². The van der Waals surface area contributed by atoms with Crippen LogP contribution < -0.4 is 5.73 Å². The average Bonchev–Trinajstić information content (AvgIpc) is 2.97. The van der Waals surface area contributed by atoms with Gasteiger partial charge in [0.2, 0.25) is 17.4 Å². The topological polar surface area (TPSA) is 133 Å². The molecular weight excluding hydrogens is 374 g/mol. The molecule has 0 aromatic heterocycles. The van der Waals surface area contributed by atoms with Crippen molar-refractivity contribution >= 4 is 21.9 Å². The van der Waals surface area contributed by atoms with Crippen LogP contribution in [0.2, 0.25) is 0 Å². The number of nitrogens with two attached hydrogens (primary N) is 1. The first-order chi connectivity index (χ1) is 14.4. The minimum absolute atomic E-state index is 0.0381. The lowest BCUT2D eigenvalue weighted by Gasteiger charge is -2.10. The second-order valence-electron chi connectivity index (χ2n) is 5.32. The van der Waals surface area contributed by atoms with Crippen LogP contribution in [0, 0.1) is 0 Å². The number of ether oxygens (including phenoxy) is 1. The number of ketones is 1. The van der Waals surface area contributed by atoms with Crippen molar-refractivity contribution < 1.29 is 36.1 Å². The number of carboxylic acid groups (broad SMARTS) is 1. The molecule has 27 heavy (non-hydrogen) atoms. The number of hydrogen-bond donors (Lipinski definition) is 2. The van der Waals surface area contributed by atoms with Crippen molar-refractivity contribution in [2.75, 3.05) is 0 Å². The van der Waals surface area contributed by atoms with Crippen LogP contribution >= 0.6 is 0 Å². The zero-order chi connectivity index (χ0) is 23.0. The van der Waals surface area contributed by atoms with E-state index in [4.69, 9.17) is 20.2 Å². The van der Waals surface area contributed by atoms with E-state index in [9.17, 15) is 18.0 Å². The number of rotatable bonds is 6. The van der Waals surface area contributed by atoms with Gasteiger partial charge in [-0.1, -0.05) is 42.5 Å². The highest BCUT2D eigenvalue weighted by molar-refractivity contribution is 7.86. The van der Waals surface area contributed by atoms with E-state index >= 15 is 0 Å². The summed E-state index contributed by atoms with van der Waals surface area (Å²) < 4.78 is 65.7. The van der Waals surface area contributed by atoms with Gasteiger partial charge in [-0.15, -0.1) is 0 Å². The van der Waals surface area contributed by atoms with Gasteiger partial charge in [0.1, 0.15) is 5.70 Å². The Balaban J connectivity index is 1.90. The molecular formula is C18H15NO7S. The van der Waals surface area contributed by atoms with Crippen LogP contribution in [0.4, 0.5) is 0 Å². The van der Waals surface area contributed by atoms with Crippen LogP contribution in [-0.2, 0) is 29.5 Å². The van der Waals surface area contributed by atoms with Crippen LogP contribution in [0.25, 0.3) is 1.43 Å². The summed E-state index contributed by atoms with van der Waals surface area (Å²) in [5.41, 5.74) is 2.14. The maximum Gasteiger partial charge on any atom is 0.335 e. The Kier molecular flexibility index (Phi) is 3.64. The zero-order valence-electron chi connectivity index (χ0n) is 17.5. The van der Waals surface area contributed by atoms with Crippen molar-refractivity contribution in [2.24, 2.45) is 5.73 Å². The third-order valence-electron chi connectivity index (χ3n) is 3.44. The number of carboxylic acids is 1. The molecule has 1 aliphatic rings. The van der Waals surface area contributed by atoms with Crippen LogP contribution in [0.15, 0.2) is 66.2 Å². The van der Waals surface area contributed by atoms with Crippen LogP contribution in [0.3, 0.4) is 0 Å². The van der Waals surface area contributed by atoms with Crippen LogP contribution in [0.1, 0.15) is 31.7 Å². The van der Waals surface area contributed by atoms with Gasteiger partial charge in [-0.2, -0.15) is 8.42 Å². The van der Waals surface area contributed by atoms with Crippen molar-refractivity contribution in [3.05, 3.63) is 82.9 Å². The Labute approximate surface area is 160 Å². The normalized spacial score (nSPS) is 22.1. The number of aromatic carboxylic acids is 1. The molecule has 0 aliphatic carbocycles. The molecule has 0 saturated heterocycles. The molecule has 0 radical (unpaired) electrons. The minimum Gasteiger partial charge on any atom is -0.478 e. The zero-order valence-corrected chi connectivity index (χ0v) is 14.4. The molecule has 2 aromatic carbocycles. The number of hydrogen-bond acceptors (Lipinski definition) is 8. The lowest BCUT2D eigenvalue weighted by atomic mass is 10.0. The van der Waals surface area contributed by atoms with E-state index in [-0.39, 0.29) is 16.7 Å². The van der Waals surface area contributed by atoms with Gasteiger partial charge in [0.15, 0.2) is 6.08 Å². The Hall–Kier alpha value is -3.33. The van der Waals surface area contributed by atoms with E-state index in [0.29, 0.717) is 0 Å². The van der Waals surface area contributed by atoms with Gasteiger partial charge in [-0.25, -0.2) is 4.79 Å². The number of carbonyl (C=O) groups excluding carboxylic acids is 1. The van der Waals surface area contributed by atoms with Crippen molar-refractivity contribution in [2.45, 2.75) is 11.8 Å². The van der Waals surface area contributed by atoms with E-state index in [0.717, 1.165) is 12.1 Å². The molecule has 1 heterocycles. The first kappa shape index (κ1) is 13.8. The summed E-state index contributed by atoms with van der Waals surface area (Å²) in [5.74, 6) is -4.11. The summed E-state index contributed by atoms with van der Waals surface area (Å²) in [6, 6.07) is 11.5. The summed E-state index contributed by atoms with van der Waals surface area (Å²) in [6.45, 7) is 0. The number of carbonyl (C=O) groups is 2. The SMILES string of the molecule is [2H]OC(=O)c1ccc([C@]2([2H])OC(N)=C(OS(=O)(=O)C([2H])([2H])c3ccccc3)C2=O)cc1. The monoisotopic (exact) mass is 393 g/mol. The van der Waals surface area contributed by atoms with Gasteiger partial charge in [0, 0.05) is 5.56 Å². The molecule has 3 N–H and O–H groups in total. The highest BCUT2D eigenvalue weighted by Gasteiger charge is 2.39. The van der Waals surface area contributed by atoms with Gasteiger partial charge < -0.3 is 19.8 Å². The second-order valence-corrected chi connectivity index (χ2v) is 6.60. The Morgan fingerprint density at radius 1 is 1.26 bits per heavy atom. The average molecular weight is 393 g/mol. The summed E-state index contributed by atoms with van der Waals surface area (Å²) in [5, 5.41) is 3.82. The highest BCUT2D eigenvalue weighted by atomic mass is 32.2. The maximum atomic E-state index is 12.8. The van der Waals surface area contributed by atoms with Crippen molar-refractivity contribution in [1.29, 1.82) is 1.43 Å². The largest absolute Gasteiger partial charge is 0.478 e. The fourth-order valence-electron chi connectivity index (χ4n) is 2.23. The lowest BCUT2D eigenvalue weighted by molar-refractivity contribution is -0.123. The fourth-order valence-corrected chi connectivity index (χ4v) is 3.07. The van der Waals surface area contributed by atoms with E-state index in [1.807, 2.05) is 0 Å². The molecule has 3 rings (SSSR count). The third-order valence-corrected chi connectivity index (χ3v) is 4.31. The second kappa shape index (κ2) is 7.12. The first-order valence-corrected chi connectivity index (χ1v) is 8.86. The van der Waals surface area contributed by atoms with Gasteiger partial charge in [-0.05, 0) is 17.7 Å². The molecule has 0 saturated carbocycles. The Bertz CT molecular complexity index is 1170. The van der Waals surface area contributed by atoms with E-state index in [1.165, 1.54) is 36.4 Å². The molecule has 9 heteroatoms. The van der Waals surface area contributed by atoms with Crippen molar-refractivity contribution in [1.82, 2.24) is 0 Å². The number of Topliss-reactive ketones (excluding diaryl/α,β-unsaturated/α-hetero) is 1. The molecule has 2 aromatic rings. The van der Waals surface area contributed by atoms with Gasteiger partial charge in [-0.3, -0.25) is 4.79 Å². The quantitative estimate of drug-likeness (QED) is 0.709. The standard InChI is InChI=1S/C18H15NO7S/c19-17-16(26-27(23,24)10-11-4-2-1-3-5-11)14(20)15(25-17)12-6-8-13(9-7-12)18(21)22/h1-9,15H,10,19H2,(H,21,22)/t15-/m0/s1/i10D2,15D/hD. The molecule has 140 valence electrons. The van der Waals surface area contributed by atoms with Crippen LogP contribution in [0.5, 0.6) is 0 Å². The van der Waals surface area contributed by atoms with Gasteiger partial charge >= 0.3 is 16.1 Å². The molecule has 1 aliphatic heterocycles. The predicted molar refractivity (Wildman–Crippen MR) is 93.6 cm³/mol. The fraction of sp³-hybridized carbons (Fsp3) is 0.111. The molecule has 0 fully saturated rings. The van der Waals surface area contributed by atoms with E-state index in [1.54, 1.807) is 6.07 Å². The molecule has 8 nitrogen and oxygen atoms in total. The van der Waals surface area contributed by atoms with E-state index < -0.39 is 45.3 Å². The Morgan fingerprint density at radius 2 is 1.93 bits per heavy atom. The molecule has 1 atom stereocenters. The summed E-state index contributed by atoms with van der Waals surface area (Å²) in [4.78, 5) is 24.1. The molecule has 0 unspecified atom stereocenters. The number of benzene rings is 2. The Morgan fingerprint density at radius 3 is 2.56 bits per heavy atom. The summed E-state index contributed by atoms with van der Waals surface area (Å²) in [7, 11) is -5.09. The smallest absolute Gasteiger partial charge is 0.335 e. The lowest BCUT2D eigenvalue weighted by Crippen LogP contribution is -2.16. The van der Waals surface area contributed by atoms with Gasteiger partial charge in [0.25, 0.3) is 1.43 Å². The molecule has 0 spiro atoms. The third kappa shape index (κ3) is 4.09. The van der Waals surface area contributed by atoms with E-state index in [2.05, 4.69) is 5.11 Å². The minimum atomic E-state index is -5.09. The summed E-state index contributed by atoms with van der Waals surface area (Å²) in [6.07, 6.45) is -2.53. The first-order valence-electron chi connectivity index (χ1n) is 9.36. The maximum absolute atomic E-state index is 12.8. The van der Waals surface area contributed by atoms with Crippen molar-refractivity contribution in [3.63, 3.8) is 0 Å². The predicted octanol–water partition coefficient (Wildman–Crippen LogP) is 1.70. The highest BCUT2D eigenvalue weighted by Crippen LogP contribution is 2.32. The van der Waals surface area contributed by atoms with Gasteiger partial charge in [0.05, 0.1) is 9.68 Å². The molecule has 0 amide bonds. The molecule has 0 bridgehead atoms. The van der Waals surface area contributed by atoms with Crippen molar-refractivity contribution in [3.8, 4) is 0 Å². The summed E-state index contributed by atoms with van der Waals surface area (Å²) >= 11 is 0.